The highest BCUT2D eigenvalue weighted by Gasteiger charge is 2.34. The summed E-state index contributed by atoms with van der Waals surface area (Å²) in [4.78, 5) is 35.7. The molecule has 2 unspecified atom stereocenters. The fraction of sp³-hybridized carbons (Fsp3) is 0.423. The van der Waals surface area contributed by atoms with Crippen LogP contribution in [0.5, 0.6) is 0 Å². The van der Waals surface area contributed by atoms with Crippen LogP contribution >= 0.6 is 0 Å². The number of carbonyl (C=O) groups is 3. The second-order valence-electron chi connectivity index (χ2n) is 9.31. The van der Waals surface area contributed by atoms with Gasteiger partial charge in [-0.15, -0.1) is 0 Å². The van der Waals surface area contributed by atoms with Gasteiger partial charge >= 0.3 is 11.9 Å². The van der Waals surface area contributed by atoms with Crippen LogP contribution in [0.1, 0.15) is 51.2 Å². The van der Waals surface area contributed by atoms with E-state index in [2.05, 4.69) is 36.5 Å². The standard InChI is InChI=1S/C26H33NO5/c1-17-10-8-13-19(22(17)18-11-6-5-7-12-18)14-9-15-20(16-21(28)29)24(30)27-23(25(31)32)26(2,3)4/h5-8,10-13,20,23H,9,14-16H2,1-4H3,(H,27,30)(H,28,29)(H,31,32). The molecule has 2 rings (SSSR count). The quantitative estimate of drug-likeness (QED) is 0.498. The molecule has 0 bridgehead atoms. The number of benzene rings is 2. The third-order valence-corrected chi connectivity index (χ3v) is 5.61. The van der Waals surface area contributed by atoms with E-state index >= 15 is 0 Å². The Morgan fingerprint density at radius 3 is 2.19 bits per heavy atom. The van der Waals surface area contributed by atoms with Crippen molar-refractivity contribution in [2.24, 2.45) is 11.3 Å². The highest BCUT2D eigenvalue weighted by atomic mass is 16.4. The zero-order chi connectivity index (χ0) is 23.9. The summed E-state index contributed by atoms with van der Waals surface area (Å²) in [6.45, 7) is 7.23. The van der Waals surface area contributed by atoms with Crippen molar-refractivity contribution in [3.05, 3.63) is 59.7 Å². The van der Waals surface area contributed by atoms with E-state index in [4.69, 9.17) is 0 Å². The van der Waals surface area contributed by atoms with Crippen molar-refractivity contribution in [2.45, 2.75) is 59.4 Å². The first-order valence-electron chi connectivity index (χ1n) is 10.9. The van der Waals surface area contributed by atoms with Crippen LogP contribution in [0.25, 0.3) is 11.1 Å². The highest BCUT2D eigenvalue weighted by Crippen LogP contribution is 2.29. The fourth-order valence-corrected chi connectivity index (χ4v) is 3.94. The molecule has 0 saturated heterocycles. The summed E-state index contributed by atoms with van der Waals surface area (Å²) < 4.78 is 0. The lowest BCUT2D eigenvalue weighted by Crippen LogP contribution is -2.51. The van der Waals surface area contributed by atoms with Gasteiger partial charge in [0.1, 0.15) is 6.04 Å². The van der Waals surface area contributed by atoms with Gasteiger partial charge in [-0.2, -0.15) is 0 Å². The monoisotopic (exact) mass is 439 g/mol. The second kappa shape index (κ2) is 10.9. The van der Waals surface area contributed by atoms with Gasteiger partial charge in [-0.3, -0.25) is 9.59 Å². The Hall–Kier alpha value is -3.15. The lowest BCUT2D eigenvalue weighted by Gasteiger charge is -2.29. The summed E-state index contributed by atoms with van der Waals surface area (Å²) in [5, 5.41) is 21.3. The van der Waals surface area contributed by atoms with Gasteiger partial charge in [0.15, 0.2) is 0 Å². The second-order valence-corrected chi connectivity index (χ2v) is 9.31. The average Bonchev–Trinajstić information content (AvgIpc) is 2.70. The molecule has 0 aliphatic rings. The molecule has 0 heterocycles. The topological polar surface area (TPSA) is 104 Å². The summed E-state index contributed by atoms with van der Waals surface area (Å²) in [6, 6.07) is 15.1. The van der Waals surface area contributed by atoms with Gasteiger partial charge in [0.05, 0.1) is 6.42 Å². The molecule has 0 fully saturated rings. The molecule has 6 nitrogen and oxygen atoms in total. The third kappa shape index (κ3) is 6.94. The Labute approximate surface area is 189 Å². The Kier molecular flexibility index (Phi) is 8.58. The van der Waals surface area contributed by atoms with Crippen molar-refractivity contribution in [1.82, 2.24) is 5.32 Å². The molecule has 0 aliphatic heterocycles. The van der Waals surface area contributed by atoms with Crippen molar-refractivity contribution in [3.63, 3.8) is 0 Å². The van der Waals surface area contributed by atoms with E-state index in [9.17, 15) is 24.6 Å². The van der Waals surface area contributed by atoms with Crippen molar-refractivity contribution >= 4 is 17.8 Å². The van der Waals surface area contributed by atoms with Gasteiger partial charge in [0.25, 0.3) is 0 Å². The van der Waals surface area contributed by atoms with Crippen LogP contribution in [-0.2, 0) is 20.8 Å². The molecule has 172 valence electrons. The van der Waals surface area contributed by atoms with Crippen LogP contribution in [-0.4, -0.2) is 34.1 Å². The molecule has 0 spiro atoms. The number of hydrogen-bond acceptors (Lipinski definition) is 3. The first-order chi connectivity index (χ1) is 15.0. The van der Waals surface area contributed by atoms with Crippen molar-refractivity contribution in [1.29, 1.82) is 0 Å². The minimum Gasteiger partial charge on any atom is -0.481 e. The smallest absolute Gasteiger partial charge is 0.326 e. The maximum absolute atomic E-state index is 12.8. The molecular formula is C26H33NO5. The van der Waals surface area contributed by atoms with Gasteiger partial charge in [-0.1, -0.05) is 69.3 Å². The van der Waals surface area contributed by atoms with Crippen LogP contribution in [0.3, 0.4) is 0 Å². The van der Waals surface area contributed by atoms with E-state index in [1.165, 1.54) is 0 Å². The number of nitrogens with one attached hydrogen (secondary N) is 1. The molecule has 0 aliphatic carbocycles. The Balaban J connectivity index is 2.14. The van der Waals surface area contributed by atoms with Crippen LogP contribution in [0, 0.1) is 18.3 Å². The van der Waals surface area contributed by atoms with Crippen molar-refractivity contribution < 1.29 is 24.6 Å². The molecule has 2 aromatic rings. The van der Waals surface area contributed by atoms with Crippen LogP contribution in [0.4, 0.5) is 0 Å². The molecule has 0 aromatic heterocycles. The SMILES string of the molecule is Cc1cccc(CCCC(CC(=O)O)C(=O)NC(C(=O)O)C(C)(C)C)c1-c1ccccc1. The Morgan fingerprint density at radius 1 is 0.969 bits per heavy atom. The zero-order valence-electron chi connectivity index (χ0n) is 19.2. The molecule has 32 heavy (non-hydrogen) atoms. The lowest BCUT2D eigenvalue weighted by molar-refractivity contribution is -0.146. The number of carbonyl (C=O) groups excluding carboxylic acids is 1. The predicted molar refractivity (Wildman–Crippen MR) is 124 cm³/mol. The number of carboxylic acid groups (broad SMARTS) is 2. The van der Waals surface area contributed by atoms with Gasteiger partial charge < -0.3 is 15.5 Å². The number of rotatable bonds is 10. The van der Waals surface area contributed by atoms with E-state index in [1.807, 2.05) is 24.3 Å². The Morgan fingerprint density at radius 2 is 1.62 bits per heavy atom. The van der Waals surface area contributed by atoms with Crippen LogP contribution < -0.4 is 5.32 Å². The minimum absolute atomic E-state index is 0.332. The largest absolute Gasteiger partial charge is 0.481 e. The minimum atomic E-state index is -1.13. The third-order valence-electron chi connectivity index (χ3n) is 5.61. The summed E-state index contributed by atoms with van der Waals surface area (Å²) >= 11 is 0. The average molecular weight is 440 g/mol. The zero-order valence-corrected chi connectivity index (χ0v) is 19.2. The molecule has 2 aromatic carbocycles. The highest BCUT2D eigenvalue weighted by molar-refractivity contribution is 5.87. The van der Waals surface area contributed by atoms with E-state index in [0.29, 0.717) is 19.3 Å². The van der Waals surface area contributed by atoms with Crippen LogP contribution in [0.15, 0.2) is 48.5 Å². The van der Waals surface area contributed by atoms with E-state index in [0.717, 1.165) is 22.3 Å². The summed E-state index contributed by atoms with van der Waals surface area (Å²) in [5.74, 6) is -3.52. The van der Waals surface area contributed by atoms with Gasteiger partial charge in [0, 0.05) is 5.92 Å². The molecule has 1 amide bonds. The molecule has 0 radical (unpaired) electrons. The van der Waals surface area contributed by atoms with E-state index < -0.39 is 35.2 Å². The molecular weight excluding hydrogens is 406 g/mol. The maximum atomic E-state index is 12.8. The fourth-order valence-electron chi connectivity index (χ4n) is 3.94. The molecule has 2 atom stereocenters. The number of hydrogen-bond donors (Lipinski definition) is 3. The van der Waals surface area contributed by atoms with Crippen molar-refractivity contribution in [2.75, 3.05) is 0 Å². The normalized spacial score (nSPS) is 13.2. The van der Waals surface area contributed by atoms with E-state index in [-0.39, 0.29) is 6.42 Å². The van der Waals surface area contributed by atoms with Gasteiger partial charge in [-0.25, -0.2) is 4.79 Å². The first-order valence-corrected chi connectivity index (χ1v) is 10.9. The summed E-state index contributed by atoms with van der Waals surface area (Å²) in [6.07, 6.45) is 1.33. The van der Waals surface area contributed by atoms with Crippen LogP contribution in [0.2, 0.25) is 0 Å². The Bertz CT molecular complexity index is 946. The number of aliphatic carboxylic acids is 2. The maximum Gasteiger partial charge on any atom is 0.326 e. The van der Waals surface area contributed by atoms with Gasteiger partial charge in [-0.05, 0) is 53.9 Å². The summed E-state index contributed by atoms with van der Waals surface area (Å²) in [5.41, 5.74) is 3.88. The number of aryl methyl sites for hydroxylation is 2. The molecule has 0 saturated carbocycles. The molecule has 3 N–H and O–H groups in total. The van der Waals surface area contributed by atoms with Gasteiger partial charge in [0.2, 0.25) is 5.91 Å². The number of amides is 1. The number of carboxylic acids is 2. The van der Waals surface area contributed by atoms with Crippen molar-refractivity contribution in [3.8, 4) is 11.1 Å². The summed E-state index contributed by atoms with van der Waals surface area (Å²) in [7, 11) is 0. The molecule has 6 heteroatoms. The lowest BCUT2D eigenvalue weighted by atomic mass is 9.85. The predicted octanol–water partition coefficient (Wildman–Crippen LogP) is 4.69. The first kappa shape index (κ1) is 25.1. The van der Waals surface area contributed by atoms with E-state index in [1.54, 1.807) is 20.8 Å².